The number of rotatable bonds is 6. The molecule has 24 nitrogen and oxygen atoms in total. The Kier molecular flexibility index (Phi) is 21.0. The summed E-state index contributed by atoms with van der Waals surface area (Å²) in [6.45, 7) is 0. The minimum atomic E-state index is -1.13. The van der Waals surface area contributed by atoms with Crippen LogP contribution < -0.4 is 0 Å². The minimum absolute atomic E-state index is 0.0258. The molecule has 0 fully saturated rings. The first kappa shape index (κ1) is 79.2. The monoisotopic (exact) mass is 1720 g/mol. The van der Waals surface area contributed by atoms with Gasteiger partial charge in [-0.15, -0.1) is 0 Å². The van der Waals surface area contributed by atoms with Crippen LogP contribution in [0.15, 0.2) is 257 Å². The lowest BCUT2D eigenvalue weighted by atomic mass is 10.1. The molecule has 126 heavy (non-hydrogen) atoms. The molecular formula is C90H48Cl2F10N24. The molecule has 24 rings (SSSR count). The molecule has 0 bridgehead atoms. The summed E-state index contributed by atoms with van der Waals surface area (Å²) in [7, 11) is 0. The van der Waals surface area contributed by atoms with E-state index in [0.29, 0.717) is 90.3 Å². The maximum absolute atomic E-state index is 13.8. The summed E-state index contributed by atoms with van der Waals surface area (Å²) in [4.78, 5) is 90.0. The zero-order valence-corrected chi connectivity index (χ0v) is 65.3. The molecule has 0 spiro atoms. The summed E-state index contributed by atoms with van der Waals surface area (Å²) in [6.07, 6.45) is 25.9. The van der Waals surface area contributed by atoms with Gasteiger partial charge in [0.1, 0.15) is 43.9 Å². The summed E-state index contributed by atoms with van der Waals surface area (Å²) >= 11 is 11.9. The van der Waals surface area contributed by atoms with E-state index in [2.05, 4.69) is 120 Å². The van der Waals surface area contributed by atoms with Gasteiger partial charge in [-0.1, -0.05) is 23.2 Å². The lowest BCUT2D eigenvalue weighted by Crippen LogP contribution is -1.94. The van der Waals surface area contributed by atoms with Gasteiger partial charge in [-0.25, -0.2) is 58.6 Å². The molecule has 0 aromatic carbocycles. The Hall–Kier alpha value is -16.6. The van der Waals surface area contributed by atoms with E-state index >= 15 is 0 Å². The van der Waals surface area contributed by atoms with E-state index in [-0.39, 0.29) is 21.2 Å². The molecular weight excluding hydrogens is 1680 g/mol. The van der Waals surface area contributed by atoms with E-state index in [1.165, 1.54) is 36.9 Å². The second-order valence-electron chi connectivity index (χ2n) is 27.7. The first-order valence-corrected chi connectivity index (χ1v) is 38.4. The van der Waals surface area contributed by atoms with Crippen molar-refractivity contribution in [1.29, 1.82) is 0 Å². The van der Waals surface area contributed by atoms with Gasteiger partial charge >= 0.3 is 0 Å². The van der Waals surface area contributed by atoms with Gasteiger partial charge in [0.15, 0.2) is 11.6 Å². The lowest BCUT2D eigenvalue weighted by molar-refractivity contribution is 0.481. The van der Waals surface area contributed by atoms with E-state index in [0.717, 1.165) is 122 Å². The minimum Gasteiger partial charge on any atom is -0.339 e. The van der Waals surface area contributed by atoms with Gasteiger partial charge in [0, 0.05) is 221 Å². The Balaban J connectivity index is 0.0000000987. The van der Waals surface area contributed by atoms with Crippen LogP contribution in [0, 0.1) is 59.2 Å². The molecule has 0 atom stereocenters. The highest BCUT2D eigenvalue weighted by Gasteiger charge is 2.21. The first-order valence-electron chi connectivity index (χ1n) is 37.6. The molecule has 0 unspecified atom stereocenters. The number of fused-ring (bicyclic) bond motifs is 18. The van der Waals surface area contributed by atoms with Crippen molar-refractivity contribution < 1.29 is 43.9 Å². The standard InChI is InChI=1S/2C15H8ClFN4.4C15H8F2N4/c4*16-13-9(3-6-19-14(13)17)11-2-1-8-10-7-18-5-4-12(10)21-15(8)20-11;2*16-13-5-8(6-14(17)21-13)11-2-1-9-10-7-18-4-3-12(10)20-15(9)19-11/h4*1-7H,(H,20,21);2*1-7H,(H,19,20)/i17+0;17-1;16+0,17+0;16+0,17-1;16+0,17+0;16-1,17+0. The number of nitrogens with zero attached hydrogens (tertiary/aromatic N) is 18. The maximum Gasteiger partial charge on any atom is 0.249 e. The lowest BCUT2D eigenvalue weighted by Gasteiger charge is -2.03. The van der Waals surface area contributed by atoms with Crippen LogP contribution in [0.25, 0.3) is 199 Å². The largest absolute Gasteiger partial charge is 0.339 e. The molecule has 24 heterocycles. The van der Waals surface area contributed by atoms with Crippen LogP contribution in [0.2, 0.25) is 10.0 Å². The number of pyridine rings is 18. The highest BCUT2D eigenvalue weighted by molar-refractivity contribution is 6.33. The van der Waals surface area contributed by atoms with Crippen LogP contribution in [-0.2, 0) is 0 Å². The van der Waals surface area contributed by atoms with Gasteiger partial charge in [0.2, 0.25) is 47.6 Å². The molecule has 0 amide bonds. The third-order valence-corrected chi connectivity index (χ3v) is 20.9. The summed E-state index contributed by atoms with van der Waals surface area (Å²) in [5.74, 6) is -9.12. The third-order valence-electron chi connectivity index (χ3n) is 20.2. The second kappa shape index (κ2) is 33.4. The van der Waals surface area contributed by atoms with Crippen molar-refractivity contribution in [3.8, 4) is 67.5 Å². The molecule has 0 aliphatic rings. The Morgan fingerprint density at radius 2 is 0.421 bits per heavy atom. The quantitative estimate of drug-likeness (QED) is 0.0665. The molecule has 0 radical (unpaired) electrons. The number of aromatic nitrogens is 24. The zero-order chi connectivity index (χ0) is 86.4. The fraction of sp³-hybridized carbons (Fsp3) is 0. The molecule has 24 aromatic rings. The number of aromatic amines is 6. The Morgan fingerprint density at radius 1 is 0.206 bits per heavy atom. The SMILES string of the molecule is [18F]c1cc(-c2ccc3c(n2)[nH]c2ccncc23)cc([19F])n1.[18F]c1nccc(-c2ccc3c(n2)[nH]c2ccncc23)c1Cl.[18F]c1nccc(-c2ccc3c(n2)[nH]c2ccncc23)c1[19F].[19F]c1cc(-c2ccc3c(n2)[nH]c2ccncc23)cc([19F])n1.[19F]c1nccc(-c2ccc3c(n2)[nH]c2ccncc23)c1Cl.[19F]c1nccc(-c2ccc3c(n2)[nH]c2ccncc23)c1[19F]. The van der Waals surface area contributed by atoms with Crippen LogP contribution >= 0.6 is 23.2 Å². The van der Waals surface area contributed by atoms with Crippen LogP contribution in [0.5, 0.6) is 0 Å². The van der Waals surface area contributed by atoms with Crippen molar-refractivity contribution in [3.05, 3.63) is 326 Å². The van der Waals surface area contributed by atoms with E-state index in [9.17, 15) is 43.9 Å². The average Bonchev–Trinajstić information content (AvgIpc) is 1.65. The second-order valence-corrected chi connectivity index (χ2v) is 28.4. The molecule has 36 heteroatoms. The van der Waals surface area contributed by atoms with Crippen molar-refractivity contribution >= 4 is 155 Å². The summed E-state index contributed by atoms with van der Waals surface area (Å²) in [5, 5.41) is 11.3. The Labute approximate surface area is 708 Å². The van der Waals surface area contributed by atoms with Crippen molar-refractivity contribution in [3.63, 3.8) is 0 Å². The summed E-state index contributed by atoms with van der Waals surface area (Å²) in [6, 6.07) is 43.4. The Bertz CT molecular complexity index is 7530. The fourth-order valence-electron chi connectivity index (χ4n) is 14.3. The van der Waals surface area contributed by atoms with Crippen LogP contribution in [0.1, 0.15) is 0 Å². The van der Waals surface area contributed by atoms with Gasteiger partial charge in [-0.3, -0.25) is 29.9 Å². The maximum atomic E-state index is 13.8. The van der Waals surface area contributed by atoms with Crippen LogP contribution in [0.4, 0.5) is 43.9 Å². The van der Waals surface area contributed by atoms with Crippen molar-refractivity contribution in [2.45, 2.75) is 0 Å². The van der Waals surface area contributed by atoms with E-state index in [1.54, 1.807) is 111 Å². The molecule has 0 aliphatic heterocycles. The van der Waals surface area contributed by atoms with Gasteiger partial charge in [0.25, 0.3) is 0 Å². The third kappa shape index (κ3) is 15.6. The van der Waals surface area contributed by atoms with Crippen molar-refractivity contribution in [1.82, 2.24) is 120 Å². The molecule has 24 aromatic heterocycles. The molecule has 6 N–H and O–H groups in total. The van der Waals surface area contributed by atoms with Gasteiger partial charge in [0.05, 0.1) is 67.3 Å². The number of hydrogen-bond donors (Lipinski definition) is 6. The van der Waals surface area contributed by atoms with E-state index in [4.69, 9.17) is 23.2 Å². The Morgan fingerprint density at radius 3 is 0.675 bits per heavy atom. The van der Waals surface area contributed by atoms with Gasteiger partial charge in [-0.05, 0) is 133 Å². The highest BCUT2D eigenvalue weighted by atomic mass is 35.5. The fourth-order valence-corrected chi connectivity index (χ4v) is 14.7. The average molecular weight is 1720 g/mol. The van der Waals surface area contributed by atoms with Gasteiger partial charge < -0.3 is 29.9 Å². The topological polar surface area (TPSA) is 327 Å². The number of hydrogen-bond acceptors (Lipinski definition) is 18. The predicted molar refractivity (Wildman–Crippen MR) is 457 cm³/mol. The highest BCUT2D eigenvalue weighted by Crippen LogP contribution is 2.37. The predicted octanol–water partition coefficient (Wildman–Crippen LogP) is 21.7. The van der Waals surface area contributed by atoms with Gasteiger partial charge in [-0.2, -0.15) is 45.1 Å². The summed E-state index contributed by atoms with van der Waals surface area (Å²) in [5.41, 5.74) is 14.2. The molecule has 0 aliphatic carbocycles. The zero-order valence-electron chi connectivity index (χ0n) is 63.8. The van der Waals surface area contributed by atoms with Crippen LogP contribution in [-0.4, -0.2) is 120 Å². The van der Waals surface area contributed by atoms with Crippen LogP contribution in [0.3, 0.4) is 0 Å². The van der Waals surface area contributed by atoms with Crippen molar-refractivity contribution in [2.24, 2.45) is 0 Å². The number of nitrogens with one attached hydrogen (secondary N) is 6. The van der Waals surface area contributed by atoms with E-state index < -0.39 is 59.2 Å². The number of halogens is 12. The van der Waals surface area contributed by atoms with Crippen molar-refractivity contribution in [2.75, 3.05) is 0 Å². The molecule has 0 saturated carbocycles. The summed E-state index contributed by atoms with van der Waals surface area (Å²) < 4.78 is 134. The van der Waals surface area contributed by atoms with E-state index in [1.807, 2.05) is 84.9 Å². The molecule has 612 valence electrons. The smallest absolute Gasteiger partial charge is 0.249 e. The first-order chi connectivity index (χ1) is 61.4. The normalized spacial score (nSPS) is 11.3. The molecule has 0 saturated heterocycles. The number of H-pyrrole nitrogens is 6.